The minimum absolute atomic E-state index is 0.0612. The first-order valence-corrected chi connectivity index (χ1v) is 13.6. The quantitative estimate of drug-likeness (QED) is 0.551. The lowest BCUT2D eigenvalue weighted by Gasteiger charge is -2.25. The molecule has 32 heavy (non-hydrogen) atoms. The summed E-state index contributed by atoms with van der Waals surface area (Å²) in [6.07, 6.45) is 1.74. The molecule has 0 unspecified atom stereocenters. The van der Waals surface area contributed by atoms with Gasteiger partial charge in [0.1, 0.15) is 9.77 Å². The van der Waals surface area contributed by atoms with Crippen LogP contribution in [0.2, 0.25) is 0 Å². The number of thiophene rings is 1. The number of nitrogens with zero attached hydrogens (tertiary/aromatic N) is 2. The molecular weight excluding hydrogens is 466 g/mol. The lowest BCUT2D eigenvalue weighted by atomic mass is 10.1. The summed E-state index contributed by atoms with van der Waals surface area (Å²) in [7, 11) is -3.67. The zero-order valence-corrected chi connectivity index (χ0v) is 19.7. The van der Waals surface area contributed by atoms with Gasteiger partial charge in [-0.1, -0.05) is 30.3 Å². The Hall–Kier alpha value is -2.40. The molecule has 0 saturated carbocycles. The molecule has 0 bridgehead atoms. The third-order valence-electron chi connectivity index (χ3n) is 5.15. The van der Waals surface area contributed by atoms with Crippen molar-refractivity contribution in [1.29, 1.82) is 0 Å². The predicted octanol–water partition coefficient (Wildman–Crippen LogP) is 2.63. The van der Waals surface area contributed by atoms with Crippen LogP contribution < -0.4 is 10.9 Å². The van der Waals surface area contributed by atoms with E-state index in [1.54, 1.807) is 34.0 Å². The highest BCUT2D eigenvalue weighted by atomic mass is 32.2. The molecule has 7 nitrogen and oxygen atoms in total. The second-order valence-electron chi connectivity index (χ2n) is 7.30. The number of nitrogens with one attached hydrogen (secondary N) is 1. The van der Waals surface area contributed by atoms with Crippen molar-refractivity contribution in [3.63, 3.8) is 0 Å². The number of carbonyl (C=O) groups is 1. The summed E-state index contributed by atoms with van der Waals surface area (Å²) in [6.45, 7) is 1.68. The average Bonchev–Trinajstić information content (AvgIpc) is 3.32. The monoisotopic (exact) mass is 489 g/mol. The fraction of sp³-hybridized carbons (Fsp3) is 0.273. The number of hydrogen-bond acceptors (Lipinski definition) is 6. The Balaban J connectivity index is 1.40. The van der Waals surface area contributed by atoms with Gasteiger partial charge in [0.15, 0.2) is 0 Å². The first-order chi connectivity index (χ1) is 15.4. The number of aromatic nitrogens is 1. The zero-order chi connectivity index (χ0) is 22.6. The summed E-state index contributed by atoms with van der Waals surface area (Å²) < 4.78 is 29.0. The van der Waals surface area contributed by atoms with Gasteiger partial charge in [0, 0.05) is 43.4 Å². The normalized spacial score (nSPS) is 14.9. The maximum Gasteiger partial charge on any atom is 0.263 e. The summed E-state index contributed by atoms with van der Waals surface area (Å²) in [4.78, 5) is 24.9. The van der Waals surface area contributed by atoms with Crippen LogP contribution in [-0.2, 0) is 23.1 Å². The van der Waals surface area contributed by atoms with E-state index in [0.717, 1.165) is 34.0 Å². The molecule has 1 amide bonds. The number of benzene rings is 1. The van der Waals surface area contributed by atoms with Crippen LogP contribution in [0.3, 0.4) is 0 Å². The second-order valence-corrected chi connectivity index (χ2v) is 11.3. The first-order valence-electron chi connectivity index (χ1n) is 10.1. The maximum atomic E-state index is 13.0. The van der Waals surface area contributed by atoms with Gasteiger partial charge >= 0.3 is 0 Å². The van der Waals surface area contributed by atoms with Gasteiger partial charge in [-0.25, -0.2) is 8.42 Å². The van der Waals surface area contributed by atoms with Gasteiger partial charge < -0.3 is 9.88 Å². The number of hydrogen-bond donors (Lipinski definition) is 1. The Bertz CT molecular complexity index is 1240. The number of sulfonamides is 1. The van der Waals surface area contributed by atoms with E-state index < -0.39 is 15.9 Å². The molecule has 4 rings (SSSR count). The van der Waals surface area contributed by atoms with E-state index in [0.29, 0.717) is 19.6 Å². The Labute approximate surface area is 195 Å². The van der Waals surface area contributed by atoms with Gasteiger partial charge in [-0.2, -0.15) is 16.1 Å². The van der Waals surface area contributed by atoms with Gasteiger partial charge in [0.2, 0.25) is 10.0 Å². The molecule has 1 saturated heterocycles. The lowest BCUT2D eigenvalue weighted by molar-refractivity contribution is 0.0952. The third-order valence-corrected chi connectivity index (χ3v) is 9.08. The molecule has 1 aliphatic heterocycles. The Morgan fingerprint density at radius 3 is 2.44 bits per heavy atom. The van der Waals surface area contributed by atoms with Crippen LogP contribution in [0.1, 0.15) is 20.8 Å². The lowest BCUT2D eigenvalue weighted by Crippen LogP contribution is -2.38. The van der Waals surface area contributed by atoms with Crippen LogP contribution in [0.5, 0.6) is 0 Å². The Morgan fingerprint density at radius 1 is 1.00 bits per heavy atom. The number of carbonyl (C=O) groups excluding carboxylic acids is 1. The van der Waals surface area contributed by atoms with E-state index in [4.69, 9.17) is 0 Å². The van der Waals surface area contributed by atoms with Gasteiger partial charge in [-0.3, -0.25) is 9.59 Å². The van der Waals surface area contributed by atoms with E-state index in [9.17, 15) is 18.0 Å². The highest BCUT2D eigenvalue weighted by Crippen LogP contribution is 2.27. The largest absolute Gasteiger partial charge is 0.347 e. The van der Waals surface area contributed by atoms with E-state index in [1.165, 1.54) is 16.4 Å². The summed E-state index contributed by atoms with van der Waals surface area (Å²) >= 11 is 2.86. The molecule has 0 aliphatic carbocycles. The van der Waals surface area contributed by atoms with Gasteiger partial charge in [-0.15, -0.1) is 11.3 Å². The van der Waals surface area contributed by atoms with Crippen molar-refractivity contribution in [3.8, 4) is 0 Å². The van der Waals surface area contributed by atoms with Crippen molar-refractivity contribution in [2.24, 2.45) is 0 Å². The number of thioether (sulfide) groups is 1. The van der Waals surface area contributed by atoms with Gasteiger partial charge in [0.25, 0.3) is 11.5 Å². The molecule has 0 atom stereocenters. The maximum absolute atomic E-state index is 13.0. The molecule has 1 fully saturated rings. The number of amides is 1. The van der Waals surface area contributed by atoms with Crippen LogP contribution in [0, 0.1) is 0 Å². The SMILES string of the molecule is O=C(NCc1ccc(Cn2ccccc2=O)cc1)c1sccc1S(=O)(=O)N1CCSCC1. The summed E-state index contributed by atoms with van der Waals surface area (Å²) in [5.41, 5.74) is 1.80. The van der Waals surface area contributed by atoms with E-state index in [2.05, 4.69) is 5.32 Å². The average molecular weight is 490 g/mol. The molecule has 2 aromatic heterocycles. The fourth-order valence-electron chi connectivity index (χ4n) is 3.41. The first kappa shape index (κ1) is 22.8. The van der Waals surface area contributed by atoms with Crippen molar-refractivity contribution in [1.82, 2.24) is 14.2 Å². The smallest absolute Gasteiger partial charge is 0.263 e. The highest BCUT2D eigenvalue weighted by molar-refractivity contribution is 7.99. The highest BCUT2D eigenvalue weighted by Gasteiger charge is 2.31. The predicted molar refractivity (Wildman–Crippen MR) is 128 cm³/mol. The molecular formula is C22H23N3O4S3. The summed E-state index contributed by atoms with van der Waals surface area (Å²) in [5.74, 6) is 1.13. The van der Waals surface area contributed by atoms with E-state index in [1.807, 2.05) is 30.3 Å². The topological polar surface area (TPSA) is 88.5 Å². The minimum atomic E-state index is -3.67. The molecule has 0 radical (unpaired) electrons. The zero-order valence-electron chi connectivity index (χ0n) is 17.3. The molecule has 3 aromatic rings. The Morgan fingerprint density at radius 2 is 1.72 bits per heavy atom. The van der Waals surface area contributed by atoms with Crippen molar-refractivity contribution in [3.05, 3.63) is 86.5 Å². The molecule has 1 aromatic carbocycles. The molecule has 1 aliphatic rings. The molecule has 1 N–H and O–H groups in total. The van der Waals surface area contributed by atoms with E-state index in [-0.39, 0.29) is 21.9 Å². The minimum Gasteiger partial charge on any atom is -0.347 e. The number of pyridine rings is 1. The molecule has 10 heteroatoms. The van der Waals surface area contributed by atoms with Crippen LogP contribution in [-0.4, -0.2) is 47.8 Å². The van der Waals surface area contributed by atoms with Crippen LogP contribution in [0.15, 0.2) is 69.8 Å². The van der Waals surface area contributed by atoms with Gasteiger partial charge in [0.05, 0.1) is 6.54 Å². The van der Waals surface area contributed by atoms with Gasteiger partial charge in [-0.05, 0) is 28.6 Å². The van der Waals surface area contributed by atoms with Crippen LogP contribution in [0.4, 0.5) is 0 Å². The van der Waals surface area contributed by atoms with Crippen LogP contribution >= 0.6 is 23.1 Å². The standard InChI is InChI=1S/C22H23N3O4S3/c26-20-3-1-2-9-24(20)16-18-6-4-17(5-7-18)15-23-22(27)21-19(8-12-31-21)32(28,29)25-10-13-30-14-11-25/h1-9,12H,10-11,13-16H2,(H,23,27). The number of rotatable bonds is 7. The fourth-order valence-corrected chi connectivity index (χ4v) is 7.30. The van der Waals surface area contributed by atoms with Crippen molar-refractivity contribution in [2.45, 2.75) is 18.0 Å². The summed E-state index contributed by atoms with van der Waals surface area (Å²) in [6, 6.07) is 14.2. The summed E-state index contributed by atoms with van der Waals surface area (Å²) in [5, 5.41) is 4.46. The Kier molecular flexibility index (Phi) is 7.14. The molecule has 3 heterocycles. The van der Waals surface area contributed by atoms with Crippen molar-refractivity contribution < 1.29 is 13.2 Å². The van der Waals surface area contributed by atoms with Crippen molar-refractivity contribution in [2.75, 3.05) is 24.6 Å². The second kappa shape index (κ2) is 10.0. The van der Waals surface area contributed by atoms with E-state index >= 15 is 0 Å². The molecule has 168 valence electrons. The van der Waals surface area contributed by atoms with Crippen LogP contribution in [0.25, 0.3) is 0 Å². The third kappa shape index (κ3) is 5.15. The van der Waals surface area contributed by atoms with Crippen molar-refractivity contribution >= 4 is 39.0 Å². The molecule has 0 spiro atoms.